The summed E-state index contributed by atoms with van der Waals surface area (Å²) in [5.41, 5.74) is 5.38. The molecule has 1 aromatic carbocycles. The number of nitrogens with zero attached hydrogens (tertiary/aromatic N) is 2. The normalized spacial score (nSPS) is 24.4. The van der Waals surface area contributed by atoms with E-state index in [-0.39, 0.29) is 23.5 Å². The van der Waals surface area contributed by atoms with E-state index in [2.05, 4.69) is 12.2 Å². The topological polar surface area (TPSA) is 101 Å². The van der Waals surface area contributed by atoms with Gasteiger partial charge in [-0.15, -0.1) is 0 Å². The number of aromatic nitrogens is 1. The highest BCUT2D eigenvalue weighted by atomic mass is 19.1. The second-order valence-corrected chi connectivity index (χ2v) is 8.40. The Labute approximate surface area is 172 Å². The van der Waals surface area contributed by atoms with Crippen LogP contribution in [0.4, 0.5) is 20.2 Å². The fraction of sp³-hybridized carbons (Fsp3) is 0.524. The summed E-state index contributed by atoms with van der Waals surface area (Å²) >= 11 is 0. The van der Waals surface area contributed by atoms with Crippen LogP contribution in [0.1, 0.15) is 41.7 Å². The van der Waals surface area contributed by atoms with E-state index in [0.717, 1.165) is 6.42 Å². The largest absolute Gasteiger partial charge is 0.477 e. The standard InChI is InChI=1S/C21H26F2N4O3/c1-9-18-15(20(28)12(21(29)30)8-27(18)14-6-13(14)22)17(24)16(23)19(9)26-5-4-11(7-26)10(2)25-3/h8,10-11,13-14,25H,4-7,24H2,1-3H3,(H,29,30)/t10?,11-,13-,14+/m0/s1. The number of nitrogens with two attached hydrogens (primary N) is 1. The molecule has 0 bridgehead atoms. The molecule has 0 amide bonds. The third-order valence-electron chi connectivity index (χ3n) is 6.63. The monoisotopic (exact) mass is 420 g/mol. The molecular weight excluding hydrogens is 394 g/mol. The van der Waals surface area contributed by atoms with Crippen LogP contribution >= 0.6 is 0 Å². The highest BCUT2D eigenvalue weighted by Crippen LogP contribution is 2.44. The van der Waals surface area contributed by atoms with Gasteiger partial charge in [0.15, 0.2) is 5.82 Å². The summed E-state index contributed by atoms with van der Waals surface area (Å²) in [7, 11) is 1.88. The average molecular weight is 420 g/mol. The predicted octanol–water partition coefficient (Wildman–Crippen LogP) is 2.45. The van der Waals surface area contributed by atoms with Crippen molar-refractivity contribution in [2.45, 2.75) is 44.9 Å². The minimum Gasteiger partial charge on any atom is -0.477 e. The number of nitrogen functional groups attached to an aromatic ring is 1. The summed E-state index contributed by atoms with van der Waals surface area (Å²) < 4.78 is 30.8. The summed E-state index contributed by atoms with van der Waals surface area (Å²) in [5.74, 6) is -1.85. The van der Waals surface area contributed by atoms with Gasteiger partial charge in [-0.25, -0.2) is 13.6 Å². The fourth-order valence-corrected chi connectivity index (χ4v) is 4.64. The molecule has 4 N–H and O–H groups in total. The Morgan fingerprint density at radius 1 is 1.43 bits per heavy atom. The Kier molecular flexibility index (Phi) is 4.96. The first-order chi connectivity index (χ1) is 14.2. The molecule has 2 heterocycles. The average Bonchev–Trinajstić information content (AvgIpc) is 3.23. The van der Waals surface area contributed by atoms with E-state index >= 15 is 4.39 Å². The molecule has 1 aliphatic carbocycles. The summed E-state index contributed by atoms with van der Waals surface area (Å²) in [4.78, 5) is 26.3. The maximum atomic E-state index is 15.4. The molecule has 1 aromatic heterocycles. The van der Waals surface area contributed by atoms with Crippen molar-refractivity contribution in [2.24, 2.45) is 5.92 Å². The van der Waals surface area contributed by atoms with Crippen LogP contribution in [0.15, 0.2) is 11.0 Å². The number of carbonyl (C=O) groups is 1. The zero-order valence-corrected chi connectivity index (χ0v) is 17.2. The Morgan fingerprint density at radius 3 is 2.67 bits per heavy atom. The van der Waals surface area contributed by atoms with E-state index < -0.39 is 35.0 Å². The molecule has 9 heteroatoms. The van der Waals surface area contributed by atoms with Gasteiger partial charge >= 0.3 is 5.97 Å². The first-order valence-corrected chi connectivity index (χ1v) is 10.1. The highest BCUT2D eigenvalue weighted by molar-refractivity contribution is 6.01. The lowest BCUT2D eigenvalue weighted by Crippen LogP contribution is -2.33. The molecule has 2 fully saturated rings. The number of pyridine rings is 1. The number of aryl methyl sites for hydroxylation is 1. The SMILES string of the molecule is CNC(C)[C@H]1CCN(c2c(F)c(N)c3c(=O)c(C(=O)O)cn([C@@H]4C[C@@H]4F)c3c2C)C1. The van der Waals surface area contributed by atoms with Gasteiger partial charge < -0.3 is 25.6 Å². The van der Waals surface area contributed by atoms with E-state index in [4.69, 9.17) is 5.73 Å². The van der Waals surface area contributed by atoms with Crippen molar-refractivity contribution in [3.8, 4) is 0 Å². The molecule has 7 nitrogen and oxygen atoms in total. The van der Waals surface area contributed by atoms with Crippen molar-refractivity contribution in [3.63, 3.8) is 0 Å². The third kappa shape index (κ3) is 3.03. The summed E-state index contributed by atoms with van der Waals surface area (Å²) in [5, 5.41) is 12.5. The van der Waals surface area contributed by atoms with E-state index in [0.29, 0.717) is 35.8 Å². The van der Waals surface area contributed by atoms with Gasteiger partial charge in [-0.2, -0.15) is 0 Å². The quantitative estimate of drug-likeness (QED) is 0.643. The summed E-state index contributed by atoms with van der Waals surface area (Å²) in [6, 6.07) is -0.329. The van der Waals surface area contributed by atoms with Gasteiger partial charge in [-0.1, -0.05) is 0 Å². The minimum atomic E-state index is -1.45. The Morgan fingerprint density at radius 2 is 2.10 bits per heavy atom. The molecule has 0 spiro atoms. The van der Waals surface area contributed by atoms with Gasteiger partial charge in [-0.3, -0.25) is 4.79 Å². The number of hydrogen-bond acceptors (Lipinski definition) is 5. The van der Waals surface area contributed by atoms with Crippen LogP contribution in [0.25, 0.3) is 10.9 Å². The molecule has 162 valence electrons. The number of aromatic carboxylic acids is 1. The zero-order chi connectivity index (χ0) is 21.9. The van der Waals surface area contributed by atoms with Crippen molar-refractivity contribution >= 4 is 28.2 Å². The molecule has 4 atom stereocenters. The number of rotatable bonds is 5. The number of hydrogen-bond donors (Lipinski definition) is 3. The Bertz CT molecular complexity index is 1100. The van der Waals surface area contributed by atoms with Crippen LogP contribution in [-0.2, 0) is 0 Å². The van der Waals surface area contributed by atoms with Gasteiger partial charge in [0, 0.05) is 31.7 Å². The first kappa shape index (κ1) is 20.6. The maximum absolute atomic E-state index is 15.4. The van der Waals surface area contributed by atoms with Gasteiger partial charge in [-0.05, 0) is 38.8 Å². The molecule has 2 aliphatic rings. The van der Waals surface area contributed by atoms with Crippen molar-refractivity contribution in [2.75, 3.05) is 30.8 Å². The van der Waals surface area contributed by atoms with E-state index in [9.17, 15) is 19.1 Å². The van der Waals surface area contributed by atoms with Crippen LogP contribution in [0.5, 0.6) is 0 Å². The summed E-state index contributed by atoms with van der Waals surface area (Å²) in [6.45, 7) is 5.01. The Hall–Kier alpha value is -2.68. The molecule has 2 aromatic rings. The number of halogens is 2. The lowest BCUT2D eigenvalue weighted by molar-refractivity contribution is 0.0694. The first-order valence-electron chi connectivity index (χ1n) is 10.1. The number of carboxylic acid groups (broad SMARTS) is 1. The second kappa shape index (κ2) is 7.23. The van der Waals surface area contributed by atoms with Crippen molar-refractivity contribution in [1.29, 1.82) is 0 Å². The van der Waals surface area contributed by atoms with Crippen molar-refractivity contribution in [1.82, 2.24) is 9.88 Å². The highest BCUT2D eigenvalue weighted by Gasteiger charge is 2.41. The summed E-state index contributed by atoms with van der Waals surface area (Å²) in [6.07, 6.45) is 1.12. The zero-order valence-electron chi connectivity index (χ0n) is 17.2. The van der Waals surface area contributed by atoms with Crippen molar-refractivity contribution in [3.05, 3.63) is 33.4 Å². The smallest absolute Gasteiger partial charge is 0.341 e. The predicted molar refractivity (Wildman–Crippen MR) is 112 cm³/mol. The van der Waals surface area contributed by atoms with Gasteiger partial charge in [0.25, 0.3) is 0 Å². The number of benzene rings is 1. The van der Waals surface area contributed by atoms with Gasteiger partial charge in [0.05, 0.1) is 28.3 Å². The lowest BCUT2D eigenvalue weighted by Gasteiger charge is -2.26. The molecule has 0 radical (unpaired) electrons. The van der Waals surface area contributed by atoms with E-state index in [1.807, 2.05) is 11.9 Å². The molecule has 1 saturated carbocycles. The van der Waals surface area contributed by atoms with Crippen molar-refractivity contribution < 1.29 is 18.7 Å². The molecule has 1 saturated heterocycles. The number of nitrogens with one attached hydrogen (secondary N) is 1. The maximum Gasteiger partial charge on any atom is 0.341 e. The number of fused-ring (bicyclic) bond motifs is 1. The number of carboxylic acids is 1. The number of alkyl halides is 1. The van der Waals surface area contributed by atoms with Gasteiger partial charge in [0.1, 0.15) is 11.7 Å². The van der Waals surface area contributed by atoms with Crippen LogP contribution < -0.4 is 21.4 Å². The lowest BCUT2D eigenvalue weighted by atomic mass is 10.0. The van der Waals surface area contributed by atoms with Gasteiger partial charge in [0.2, 0.25) is 5.43 Å². The Balaban J connectivity index is 1.96. The minimum absolute atomic E-state index is 0.188. The molecule has 4 rings (SSSR count). The molecule has 30 heavy (non-hydrogen) atoms. The molecule has 1 aliphatic heterocycles. The fourth-order valence-electron chi connectivity index (χ4n) is 4.64. The van der Waals surface area contributed by atoms with E-state index in [1.54, 1.807) is 6.92 Å². The van der Waals surface area contributed by atoms with E-state index in [1.165, 1.54) is 10.8 Å². The second-order valence-electron chi connectivity index (χ2n) is 8.40. The van der Waals surface area contributed by atoms with Crippen LogP contribution in [0, 0.1) is 18.7 Å². The molecule has 1 unspecified atom stereocenters. The third-order valence-corrected chi connectivity index (χ3v) is 6.63. The van der Waals surface area contributed by atoms with Crippen LogP contribution in [0.3, 0.4) is 0 Å². The number of anilines is 2. The van der Waals surface area contributed by atoms with Crippen LogP contribution in [-0.4, -0.2) is 48.0 Å². The molecular formula is C21H26F2N4O3. The van der Waals surface area contributed by atoms with Crippen LogP contribution in [0.2, 0.25) is 0 Å².